The van der Waals surface area contributed by atoms with E-state index in [1.807, 2.05) is 12.1 Å². The highest BCUT2D eigenvalue weighted by atomic mass is 16.5. The van der Waals surface area contributed by atoms with Gasteiger partial charge in [-0.05, 0) is 36.4 Å². The molecular formula is C16H16N6O2. The maximum Gasteiger partial charge on any atom is 0.319 e. The molecule has 2 heterocycles. The molecule has 0 bridgehead atoms. The number of ether oxygens (including phenoxy) is 1. The minimum atomic E-state index is -0.321. The van der Waals surface area contributed by atoms with Crippen LogP contribution in [0, 0.1) is 0 Å². The highest BCUT2D eigenvalue weighted by molar-refractivity contribution is 5.89. The van der Waals surface area contributed by atoms with E-state index >= 15 is 0 Å². The van der Waals surface area contributed by atoms with E-state index in [1.54, 1.807) is 54.6 Å². The molecule has 2 amide bonds. The molecule has 0 fully saturated rings. The van der Waals surface area contributed by atoms with Crippen molar-refractivity contribution >= 4 is 11.7 Å². The lowest BCUT2D eigenvalue weighted by Gasteiger charge is -2.07. The Bertz CT molecular complexity index is 801. The van der Waals surface area contributed by atoms with Crippen LogP contribution >= 0.6 is 0 Å². The second kappa shape index (κ2) is 7.23. The lowest BCUT2D eigenvalue weighted by atomic mass is 10.3. The Balaban J connectivity index is 1.53. The van der Waals surface area contributed by atoms with Crippen molar-refractivity contribution in [1.82, 2.24) is 25.3 Å². The molecule has 0 spiro atoms. The Kier molecular flexibility index (Phi) is 4.66. The van der Waals surface area contributed by atoms with E-state index in [0.717, 1.165) is 11.4 Å². The van der Waals surface area contributed by atoms with Crippen LogP contribution in [-0.2, 0) is 6.54 Å². The SMILES string of the molecule is COc1ccc(NC(=O)NCc2cn(-c3ccncc3)nn2)cc1. The standard InChI is InChI=1S/C16H16N6O2/c1-24-15-4-2-12(3-5-15)19-16(23)18-10-13-11-22(21-20-13)14-6-8-17-9-7-14/h2-9,11H,10H2,1H3,(H2,18,19,23). The van der Waals surface area contributed by atoms with E-state index in [9.17, 15) is 4.79 Å². The van der Waals surface area contributed by atoms with Gasteiger partial charge in [-0.2, -0.15) is 0 Å². The van der Waals surface area contributed by atoms with E-state index < -0.39 is 0 Å². The highest BCUT2D eigenvalue weighted by Gasteiger charge is 2.06. The fraction of sp³-hybridized carbons (Fsp3) is 0.125. The molecule has 0 saturated heterocycles. The molecule has 24 heavy (non-hydrogen) atoms. The molecule has 0 atom stereocenters. The summed E-state index contributed by atoms with van der Waals surface area (Å²) in [5.41, 5.74) is 2.18. The number of methoxy groups -OCH3 is 1. The summed E-state index contributed by atoms with van der Waals surface area (Å²) in [6.45, 7) is 0.271. The first-order chi connectivity index (χ1) is 11.7. The zero-order chi connectivity index (χ0) is 16.8. The van der Waals surface area contributed by atoms with Crippen LogP contribution in [0.1, 0.15) is 5.69 Å². The largest absolute Gasteiger partial charge is 0.497 e. The average molecular weight is 324 g/mol. The van der Waals surface area contributed by atoms with Crippen molar-refractivity contribution in [3.05, 3.63) is 60.7 Å². The molecule has 3 rings (SSSR count). The number of rotatable bonds is 5. The predicted octanol–water partition coefficient (Wildman–Crippen LogP) is 1.99. The summed E-state index contributed by atoms with van der Waals surface area (Å²) in [4.78, 5) is 15.9. The van der Waals surface area contributed by atoms with Crippen LogP contribution in [0.3, 0.4) is 0 Å². The third-order valence-electron chi connectivity index (χ3n) is 3.25. The van der Waals surface area contributed by atoms with Crippen LogP contribution in [0.4, 0.5) is 10.5 Å². The Morgan fingerprint density at radius 1 is 1.17 bits per heavy atom. The normalized spacial score (nSPS) is 10.2. The van der Waals surface area contributed by atoms with Gasteiger partial charge in [-0.25, -0.2) is 9.48 Å². The molecule has 1 aromatic carbocycles. The summed E-state index contributed by atoms with van der Waals surface area (Å²) in [5.74, 6) is 0.730. The van der Waals surface area contributed by atoms with Gasteiger partial charge in [-0.15, -0.1) is 5.10 Å². The number of urea groups is 1. The quantitative estimate of drug-likeness (QED) is 0.748. The smallest absolute Gasteiger partial charge is 0.319 e. The zero-order valence-corrected chi connectivity index (χ0v) is 13.0. The number of benzene rings is 1. The molecule has 3 aromatic rings. The summed E-state index contributed by atoms with van der Waals surface area (Å²) in [6, 6.07) is 10.4. The number of anilines is 1. The number of hydrogen-bond donors (Lipinski definition) is 2. The zero-order valence-electron chi connectivity index (χ0n) is 13.0. The molecule has 0 aliphatic heterocycles. The van der Waals surface area contributed by atoms with Crippen LogP contribution in [0.2, 0.25) is 0 Å². The fourth-order valence-corrected chi connectivity index (χ4v) is 2.02. The van der Waals surface area contributed by atoms with Gasteiger partial charge in [0.05, 0.1) is 25.5 Å². The number of amides is 2. The molecule has 0 radical (unpaired) electrons. The summed E-state index contributed by atoms with van der Waals surface area (Å²) < 4.78 is 6.69. The van der Waals surface area contributed by atoms with Crippen LogP contribution in [-0.4, -0.2) is 33.1 Å². The topological polar surface area (TPSA) is 94.0 Å². The van der Waals surface area contributed by atoms with Crippen LogP contribution in [0.25, 0.3) is 5.69 Å². The molecule has 0 aliphatic rings. The van der Waals surface area contributed by atoms with Gasteiger partial charge < -0.3 is 15.4 Å². The van der Waals surface area contributed by atoms with Crippen molar-refractivity contribution in [2.24, 2.45) is 0 Å². The van der Waals surface area contributed by atoms with Gasteiger partial charge in [0.2, 0.25) is 0 Å². The summed E-state index contributed by atoms with van der Waals surface area (Å²) in [5, 5.41) is 13.5. The van der Waals surface area contributed by atoms with Gasteiger partial charge in [-0.1, -0.05) is 5.21 Å². The van der Waals surface area contributed by atoms with Gasteiger partial charge >= 0.3 is 6.03 Å². The van der Waals surface area contributed by atoms with Gasteiger partial charge in [0, 0.05) is 18.1 Å². The minimum Gasteiger partial charge on any atom is -0.497 e. The molecule has 2 N–H and O–H groups in total. The number of nitrogens with one attached hydrogen (secondary N) is 2. The molecule has 0 unspecified atom stereocenters. The first-order valence-corrected chi connectivity index (χ1v) is 7.25. The van der Waals surface area contributed by atoms with Crippen molar-refractivity contribution in [3.8, 4) is 11.4 Å². The van der Waals surface area contributed by atoms with Gasteiger partial charge in [0.15, 0.2) is 0 Å². The number of aromatic nitrogens is 4. The van der Waals surface area contributed by atoms with E-state index in [0.29, 0.717) is 11.4 Å². The van der Waals surface area contributed by atoms with Crippen LogP contribution in [0.15, 0.2) is 55.0 Å². The molecule has 122 valence electrons. The fourth-order valence-electron chi connectivity index (χ4n) is 2.02. The number of nitrogens with zero attached hydrogens (tertiary/aromatic N) is 4. The van der Waals surface area contributed by atoms with Gasteiger partial charge in [0.1, 0.15) is 11.4 Å². The van der Waals surface area contributed by atoms with Crippen molar-refractivity contribution in [3.63, 3.8) is 0 Å². The van der Waals surface area contributed by atoms with E-state index in [2.05, 4.69) is 25.9 Å². The first-order valence-electron chi connectivity index (χ1n) is 7.25. The number of hydrogen-bond acceptors (Lipinski definition) is 5. The van der Waals surface area contributed by atoms with Gasteiger partial charge in [-0.3, -0.25) is 4.98 Å². The third kappa shape index (κ3) is 3.86. The lowest BCUT2D eigenvalue weighted by molar-refractivity contribution is 0.251. The Morgan fingerprint density at radius 3 is 2.62 bits per heavy atom. The molecule has 0 saturated carbocycles. The van der Waals surface area contributed by atoms with Crippen LogP contribution < -0.4 is 15.4 Å². The van der Waals surface area contributed by atoms with Crippen molar-refractivity contribution in [1.29, 1.82) is 0 Å². The van der Waals surface area contributed by atoms with Crippen LogP contribution in [0.5, 0.6) is 5.75 Å². The van der Waals surface area contributed by atoms with Crippen molar-refractivity contribution in [2.45, 2.75) is 6.54 Å². The number of carbonyl (C=O) groups is 1. The maximum absolute atomic E-state index is 11.9. The average Bonchev–Trinajstić information content (AvgIpc) is 3.10. The van der Waals surface area contributed by atoms with E-state index in [4.69, 9.17) is 4.74 Å². The minimum absolute atomic E-state index is 0.271. The summed E-state index contributed by atoms with van der Waals surface area (Å²) in [6.07, 6.45) is 5.11. The Hall–Kier alpha value is -3.42. The monoisotopic (exact) mass is 324 g/mol. The summed E-state index contributed by atoms with van der Waals surface area (Å²) in [7, 11) is 1.59. The lowest BCUT2D eigenvalue weighted by Crippen LogP contribution is -2.28. The number of pyridine rings is 1. The maximum atomic E-state index is 11.9. The second-order valence-corrected chi connectivity index (χ2v) is 4.90. The molecule has 0 aliphatic carbocycles. The Labute approximate surface area is 138 Å². The van der Waals surface area contributed by atoms with Crippen molar-refractivity contribution in [2.75, 3.05) is 12.4 Å². The molecule has 8 nitrogen and oxygen atoms in total. The molecule has 2 aromatic heterocycles. The van der Waals surface area contributed by atoms with Gasteiger partial charge in [0.25, 0.3) is 0 Å². The van der Waals surface area contributed by atoms with E-state index in [-0.39, 0.29) is 12.6 Å². The Morgan fingerprint density at radius 2 is 1.92 bits per heavy atom. The molecular weight excluding hydrogens is 308 g/mol. The second-order valence-electron chi connectivity index (χ2n) is 4.90. The first kappa shape index (κ1) is 15.5. The summed E-state index contributed by atoms with van der Waals surface area (Å²) >= 11 is 0. The third-order valence-corrected chi connectivity index (χ3v) is 3.25. The predicted molar refractivity (Wildman–Crippen MR) is 88.0 cm³/mol. The van der Waals surface area contributed by atoms with Crippen molar-refractivity contribution < 1.29 is 9.53 Å². The highest BCUT2D eigenvalue weighted by Crippen LogP contribution is 2.14. The van der Waals surface area contributed by atoms with E-state index in [1.165, 1.54) is 0 Å². The number of carbonyl (C=O) groups excluding carboxylic acids is 1. The molecule has 8 heteroatoms.